The van der Waals surface area contributed by atoms with Crippen LogP contribution < -0.4 is 0 Å². The molecule has 1 aliphatic carbocycles. The van der Waals surface area contributed by atoms with Gasteiger partial charge in [-0.05, 0) is 74.5 Å². The molecule has 2 nitrogen and oxygen atoms in total. The smallest absolute Gasteiger partial charge is 0.376 e. The van der Waals surface area contributed by atoms with Crippen LogP contribution in [0.3, 0.4) is 0 Å². The molecule has 2 fully saturated rings. The van der Waals surface area contributed by atoms with Crippen molar-refractivity contribution in [1.29, 1.82) is 0 Å². The maximum absolute atomic E-state index is 13.2. The number of rotatable bonds is 6. The predicted octanol–water partition coefficient (Wildman–Crippen LogP) is 7.22. The highest BCUT2D eigenvalue weighted by Crippen LogP contribution is 2.42. The summed E-state index contributed by atoms with van der Waals surface area (Å²) in [5, 5.41) is 0. The highest BCUT2D eigenvalue weighted by Gasteiger charge is 2.41. The van der Waals surface area contributed by atoms with Gasteiger partial charge in [-0.1, -0.05) is 36.8 Å². The molecule has 1 heterocycles. The average molecular weight is 486 g/mol. The Hall–Kier alpha value is -2.06. The van der Waals surface area contributed by atoms with Crippen LogP contribution in [0.1, 0.15) is 60.8 Å². The summed E-state index contributed by atoms with van der Waals surface area (Å²) >= 11 is 0. The van der Waals surface area contributed by atoms with Crippen LogP contribution in [0.5, 0.6) is 0 Å². The molecule has 2 aliphatic rings. The molecule has 0 spiro atoms. The molecule has 2 aromatic carbocycles. The highest BCUT2D eigenvalue weighted by molar-refractivity contribution is 5.33. The number of likely N-dealkylation sites (tertiary alicyclic amines) is 1. The van der Waals surface area contributed by atoms with Gasteiger partial charge in [-0.15, -0.1) is 0 Å². The quantitative estimate of drug-likeness (QED) is 0.401. The third-order valence-corrected chi connectivity index (χ3v) is 7.16. The van der Waals surface area contributed by atoms with E-state index in [2.05, 4.69) is 4.90 Å². The first-order valence-electron chi connectivity index (χ1n) is 11.7. The molecule has 0 amide bonds. The van der Waals surface area contributed by atoms with Gasteiger partial charge >= 0.3 is 12.4 Å². The Balaban J connectivity index is 1.55. The van der Waals surface area contributed by atoms with Crippen molar-refractivity contribution in [2.75, 3.05) is 19.7 Å². The Kier molecular flexibility index (Phi) is 7.29. The molecule has 34 heavy (non-hydrogen) atoms. The number of hydrogen-bond donors (Lipinski definition) is 0. The second kappa shape index (κ2) is 9.90. The van der Waals surface area contributed by atoms with Crippen molar-refractivity contribution in [1.82, 2.24) is 4.90 Å². The fraction of sp³-hybridized carbons (Fsp3) is 0.538. The first kappa shape index (κ1) is 25.0. The monoisotopic (exact) mass is 485 g/mol. The summed E-state index contributed by atoms with van der Waals surface area (Å²) in [5.74, 6) is 0. The zero-order chi connectivity index (χ0) is 24.4. The molecular formula is C26H29F6NO. The molecular weight excluding hydrogens is 456 g/mol. The molecule has 8 heteroatoms. The van der Waals surface area contributed by atoms with Gasteiger partial charge in [-0.25, -0.2) is 0 Å². The van der Waals surface area contributed by atoms with Gasteiger partial charge in [0.05, 0.1) is 24.3 Å². The molecule has 0 radical (unpaired) electrons. The lowest BCUT2D eigenvalue weighted by Gasteiger charge is -2.44. The van der Waals surface area contributed by atoms with Crippen LogP contribution in [0.25, 0.3) is 0 Å². The summed E-state index contributed by atoms with van der Waals surface area (Å²) in [6.45, 7) is 2.08. The first-order chi connectivity index (χ1) is 16.1. The topological polar surface area (TPSA) is 12.5 Å². The van der Waals surface area contributed by atoms with Gasteiger partial charge in [0.2, 0.25) is 0 Å². The standard InChI is InChI=1S/C26H29F6NO/c27-25(28,29)21-13-19(14-22(15-21)26(30,31)32)17-34-18-24(20-7-2-1-3-8-20)10-6-9-23(16-24)33-11-4-5-12-33/h1-3,7-8,13-15,23H,4-6,9-12,16-18H2. The Morgan fingerprint density at radius 1 is 0.853 bits per heavy atom. The Bertz CT molecular complexity index is 920. The van der Waals surface area contributed by atoms with Crippen molar-refractivity contribution in [3.63, 3.8) is 0 Å². The van der Waals surface area contributed by atoms with Crippen LogP contribution >= 0.6 is 0 Å². The fourth-order valence-corrected chi connectivity index (χ4v) is 5.48. The van der Waals surface area contributed by atoms with Crippen molar-refractivity contribution in [3.05, 3.63) is 70.8 Å². The number of halogens is 6. The number of ether oxygens (including phenoxy) is 1. The Labute approximate surface area is 195 Å². The minimum Gasteiger partial charge on any atom is -0.376 e. The Morgan fingerprint density at radius 2 is 1.47 bits per heavy atom. The molecule has 186 valence electrons. The summed E-state index contributed by atoms with van der Waals surface area (Å²) in [7, 11) is 0. The zero-order valence-electron chi connectivity index (χ0n) is 18.9. The van der Waals surface area contributed by atoms with Crippen LogP contribution in [0, 0.1) is 0 Å². The normalized spacial score (nSPS) is 24.5. The minimum absolute atomic E-state index is 0.128. The Morgan fingerprint density at radius 3 is 2.06 bits per heavy atom. The van der Waals surface area contributed by atoms with E-state index in [0.717, 1.165) is 56.5 Å². The molecule has 2 atom stereocenters. The van der Waals surface area contributed by atoms with E-state index >= 15 is 0 Å². The zero-order valence-corrected chi connectivity index (χ0v) is 18.9. The van der Waals surface area contributed by atoms with Gasteiger partial charge in [0.25, 0.3) is 0 Å². The summed E-state index contributed by atoms with van der Waals surface area (Å²) in [4.78, 5) is 2.51. The van der Waals surface area contributed by atoms with E-state index < -0.39 is 23.5 Å². The van der Waals surface area contributed by atoms with Gasteiger partial charge in [0.15, 0.2) is 0 Å². The van der Waals surface area contributed by atoms with E-state index in [-0.39, 0.29) is 30.3 Å². The molecule has 0 N–H and O–H groups in total. The van der Waals surface area contributed by atoms with Crippen molar-refractivity contribution in [2.45, 2.75) is 68.9 Å². The van der Waals surface area contributed by atoms with Crippen molar-refractivity contribution in [2.24, 2.45) is 0 Å². The third kappa shape index (κ3) is 5.77. The lowest BCUT2D eigenvalue weighted by molar-refractivity contribution is -0.143. The number of alkyl halides is 6. The predicted molar refractivity (Wildman–Crippen MR) is 117 cm³/mol. The second-order valence-electron chi connectivity index (χ2n) is 9.55. The van der Waals surface area contributed by atoms with Crippen molar-refractivity contribution in [3.8, 4) is 0 Å². The molecule has 1 saturated carbocycles. The van der Waals surface area contributed by atoms with Crippen LogP contribution in [0.4, 0.5) is 26.3 Å². The molecule has 1 aliphatic heterocycles. The maximum atomic E-state index is 13.2. The van der Waals surface area contributed by atoms with E-state index in [1.54, 1.807) is 0 Å². The van der Waals surface area contributed by atoms with Gasteiger partial charge in [0.1, 0.15) is 0 Å². The van der Waals surface area contributed by atoms with Gasteiger partial charge in [-0.2, -0.15) is 26.3 Å². The highest BCUT2D eigenvalue weighted by atomic mass is 19.4. The SMILES string of the molecule is FC(F)(F)c1cc(COCC2(c3ccccc3)CCCC(N3CCCC3)C2)cc(C(F)(F)F)c1. The summed E-state index contributed by atoms with van der Waals surface area (Å²) in [5.41, 5.74) is -1.96. The van der Waals surface area contributed by atoms with Crippen LogP contribution in [-0.4, -0.2) is 30.6 Å². The molecule has 0 bridgehead atoms. The lowest BCUT2D eigenvalue weighted by atomic mass is 9.68. The minimum atomic E-state index is -4.87. The summed E-state index contributed by atoms with van der Waals surface area (Å²) < 4.78 is 85.2. The van der Waals surface area contributed by atoms with E-state index in [1.807, 2.05) is 30.3 Å². The van der Waals surface area contributed by atoms with Gasteiger partial charge in [0, 0.05) is 11.5 Å². The number of hydrogen-bond acceptors (Lipinski definition) is 2. The van der Waals surface area contributed by atoms with Gasteiger partial charge in [-0.3, -0.25) is 0 Å². The number of nitrogens with zero attached hydrogens (tertiary/aromatic N) is 1. The average Bonchev–Trinajstić information content (AvgIpc) is 3.34. The first-order valence-corrected chi connectivity index (χ1v) is 11.7. The lowest BCUT2D eigenvalue weighted by Crippen LogP contribution is -2.45. The molecule has 4 rings (SSSR count). The van der Waals surface area contributed by atoms with Crippen LogP contribution in [0.15, 0.2) is 48.5 Å². The van der Waals surface area contributed by atoms with Crippen LogP contribution in [0.2, 0.25) is 0 Å². The number of benzene rings is 2. The fourth-order valence-electron chi connectivity index (χ4n) is 5.48. The van der Waals surface area contributed by atoms with Crippen LogP contribution in [-0.2, 0) is 29.1 Å². The maximum Gasteiger partial charge on any atom is 0.416 e. The van der Waals surface area contributed by atoms with Crippen molar-refractivity contribution < 1.29 is 31.1 Å². The third-order valence-electron chi connectivity index (χ3n) is 7.16. The summed E-state index contributed by atoms with van der Waals surface area (Å²) in [6, 6.07) is 12.0. The van der Waals surface area contributed by atoms with E-state index in [1.165, 1.54) is 12.8 Å². The van der Waals surface area contributed by atoms with E-state index in [0.29, 0.717) is 6.04 Å². The van der Waals surface area contributed by atoms with E-state index in [4.69, 9.17) is 4.74 Å². The molecule has 2 unspecified atom stereocenters. The molecule has 1 saturated heterocycles. The van der Waals surface area contributed by atoms with Crippen molar-refractivity contribution >= 4 is 0 Å². The molecule has 0 aromatic heterocycles. The summed E-state index contributed by atoms with van der Waals surface area (Å²) in [6.07, 6.45) is -3.53. The largest absolute Gasteiger partial charge is 0.416 e. The van der Waals surface area contributed by atoms with E-state index in [9.17, 15) is 26.3 Å². The second-order valence-corrected chi connectivity index (χ2v) is 9.55. The van der Waals surface area contributed by atoms with Gasteiger partial charge < -0.3 is 9.64 Å². The molecule has 2 aromatic rings.